The summed E-state index contributed by atoms with van der Waals surface area (Å²) in [5.74, 6) is -0.853. The van der Waals surface area contributed by atoms with E-state index in [1.165, 1.54) is 16.7 Å². The number of carboxylic acid groups (broad SMARTS) is 1. The van der Waals surface area contributed by atoms with Gasteiger partial charge in [-0.25, -0.2) is 4.79 Å². The fourth-order valence-corrected chi connectivity index (χ4v) is 3.47. The standard InChI is InChI=1S/C19H22O2.C2H6/c1-10-7-11(2)16(12(3)8-10)17-13(4)9-14(5)18(15(17)6)19(20)21;1-2/h7-9H,1-6H3,(H,20,21);1-2H3. The number of aromatic carboxylic acids is 1. The van der Waals surface area contributed by atoms with Gasteiger partial charge >= 0.3 is 5.97 Å². The van der Waals surface area contributed by atoms with Crippen molar-refractivity contribution < 1.29 is 9.90 Å². The Bertz CT molecular complexity index is 717. The summed E-state index contributed by atoms with van der Waals surface area (Å²) in [5.41, 5.74) is 9.08. The second-order valence-corrected chi connectivity index (χ2v) is 5.96. The quantitative estimate of drug-likeness (QED) is 0.746. The van der Waals surface area contributed by atoms with Gasteiger partial charge in [-0.15, -0.1) is 0 Å². The summed E-state index contributed by atoms with van der Waals surface area (Å²) in [7, 11) is 0. The highest BCUT2D eigenvalue weighted by atomic mass is 16.4. The van der Waals surface area contributed by atoms with Crippen molar-refractivity contribution in [1.29, 1.82) is 0 Å². The highest BCUT2D eigenvalue weighted by Crippen LogP contribution is 2.36. The van der Waals surface area contributed by atoms with Gasteiger partial charge in [0.1, 0.15) is 0 Å². The summed E-state index contributed by atoms with van der Waals surface area (Å²) >= 11 is 0. The van der Waals surface area contributed by atoms with Crippen molar-refractivity contribution in [2.24, 2.45) is 0 Å². The summed E-state index contributed by atoms with van der Waals surface area (Å²) in [5, 5.41) is 9.49. The van der Waals surface area contributed by atoms with Crippen molar-refractivity contribution >= 4 is 5.97 Å². The monoisotopic (exact) mass is 312 g/mol. The van der Waals surface area contributed by atoms with Gasteiger partial charge in [0.2, 0.25) is 0 Å². The molecule has 2 aromatic rings. The van der Waals surface area contributed by atoms with E-state index < -0.39 is 5.97 Å². The van der Waals surface area contributed by atoms with Crippen LogP contribution < -0.4 is 0 Å². The minimum Gasteiger partial charge on any atom is -0.478 e. The molecule has 0 bridgehead atoms. The van der Waals surface area contributed by atoms with Crippen molar-refractivity contribution in [2.75, 3.05) is 0 Å². The van der Waals surface area contributed by atoms with Gasteiger partial charge in [0, 0.05) is 0 Å². The first-order valence-corrected chi connectivity index (χ1v) is 8.16. The molecular formula is C21H28O2. The summed E-state index contributed by atoms with van der Waals surface area (Å²) in [6.45, 7) is 16.1. The van der Waals surface area contributed by atoms with Crippen molar-refractivity contribution in [3.05, 3.63) is 57.1 Å². The first kappa shape index (κ1) is 19.0. The van der Waals surface area contributed by atoms with Crippen LogP contribution in [-0.4, -0.2) is 11.1 Å². The highest BCUT2D eigenvalue weighted by molar-refractivity contribution is 5.95. The van der Waals surface area contributed by atoms with E-state index in [2.05, 4.69) is 39.8 Å². The molecule has 0 radical (unpaired) electrons. The number of carboxylic acids is 1. The number of hydrogen-bond acceptors (Lipinski definition) is 1. The molecule has 0 atom stereocenters. The summed E-state index contributed by atoms with van der Waals surface area (Å²) in [4.78, 5) is 11.6. The van der Waals surface area contributed by atoms with Crippen LogP contribution in [0.4, 0.5) is 0 Å². The normalized spacial score (nSPS) is 10.1. The average Bonchev–Trinajstić information content (AvgIpc) is 2.42. The Morgan fingerprint density at radius 2 is 1.17 bits per heavy atom. The second-order valence-electron chi connectivity index (χ2n) is 5.96. The third kappa shape index (κ3) is 3.64. The Labute approximate surface area is 140 Å². The Morgan fingerprint density at radius 3 is 1.61 bits per heavy atom. The third-order valence-electron chi connectivity index (χ3n) is 4.11. The number of rotatable bonds is 2. The minimum absolute atomic E-state index is 0.426. The second kappa shape index (κ2) is 7.45. The molecule has 0 saturated carbocycles. The number of carbonyl (C=O) groups is 1. The lowest BCUT2D eigenvalue weighted by atomic mass is 9.85. The molecule has 0 amide bonds. The van der Waals surface area contributed by atoms with Crippen LogP contribution in [0, 0.1) is 41.5 Å². The van der Waals surface area contributed by atoms with Gasteiger partial charge in [-0.05, 0) is 80.5 Å². The maximum Gasteiger partial charge on any atom is 0.336 e. The van der Waals surface area contributed by atoms with Crippen LogP contribution in [0.1, 0.15) is 57.6 Å². The predicted octanol–water partition coefficient (Wildman–Crippen LogP) is 5.93. The fraction of sp³-hybridized carbons (Fsp3) is 0.381. The largest absolute Gasteiger partial charge is 0.478 e. The molecule has 2 nitrogen and oxygen atoms in total. The van der Waals surface area contributed by atoms with Crippen LogP contribution in [0.15, 0.2) is 18.2 Å². The Balaban J connectivity index is 0.00000127. The average molecular weight is 312 g/mol. The zero-order valence-electron chi connectivity index (χ0n) is 15.6. The van der Waals surface area contributed by atoms with Crippen molar-refractivity contribution in [2.45, 2.75) is 55.4 Å². The number of benzene rings is 2. The maximum absolute atomic E-state index is 11.6. The molecular weight excluding hydrogens is 284 g/mol. The topological polar surface area (TPSA) is 37.3 Å². The third-order valence-corrected chi connectivity index (χ3v) is 4.11. The molecule has 0 aliphatic rings. The van der Waals surface area contributed by atoms with E-state index in [1.54, 1.807) is 0 Å². The van der Waals surface area contributed by atoms with E-state index in [0.717, 1.165) is 27.8 Å². The molecule has 0 heterocycles. The van der Waals surface area contributed by atoms with Crippen LogP contribution in [0.2, 0.25) is 0 Å². The Hall–Kier alpha value is -2.09. The first-order chi connectivity index (χ1) is 10.7. The van der Waals surface area contributed by atoms with Gasteiger partial charge in [-0.1, -0.05) is 37.6 Å². The molecule has 2 heteroatoms. The van der Waals surface area contributed by atoms with E-state index in [9.17, 15) is 9.90 Å². The molecule has 0 fully saturated rings. The van der Waals surface area contributed by atoms with Crippen molar-refractivity contribution in [3.8, 4) is 11.1 Å². The maximum atomic E-state index is 11.6. The zero-order valence-corrected chi connectivity index (χ0v) is 15.6. The molecule has 2 aromatic carbocycles. The van der Waals surface area contributed by atoms with E-state index in [0.29, 0.717) is 5.56 Å². The van der Waals surface area contributed by atoms with Gasteiger partial charge in [-0.3, -0.25) is 0 Å². The van der Waals surface area contributed by atoms with Gasteiger partial charge in [0.15, 0.2) is 0 Å². The van der Waals surface area contributed by atoms with E-state index in [4.69, 9.17) is 0 Å². The molecule has 124 valence electrons. The predicted molar refractivity (Wildman–Crippen MR) is 98.6 cm³/mol. The van der Waals surface area contributed by atoms with Gasteiger partial charge in [0.05, 0.1) is 5.56 Å². The fourth-order valence-electron chi connectivity index (χ4n) is 3.47. The van der Waals surface area contributed by atoms with Gasteiger partial charge < -0.3 is 5.11 Å². The Morgan fingerprint density at radius 1 is 0.739 bits per heavy atom. The molecule has 0 unspecified atom stereocenters. The van der Waals surface area contributed by atoms with E-state index in [1.807, 2.05) is 33.8 Å². The van der Waals surface area contributed by atoms with Crippen LogP contribution >= 0.6 is 0 Å². The molecule has 0 aliphatic heterocycles. The smallest absolute Gasteiger partial charge is 0.336 e. The minimum atomic E-state index is -0.853. The van der Waals surface area contributed by atoms with Crippen molar-refractivity contribution in [3.63, 3.8) is 0 Å². The highest BCUT2D eigenvalue weighted by Gasteiger charge is 2.19. The molecule has 0 aliphatic carbocycles. The summed E-state index contributed by atoms with van der Waals surface area (Å²) in [6, 6.07) is 6.29. The molecule has 0 spiro atoms. The van der Waals surface area contributed by atoms with Gasteiger partial charge in [-0.2, -0.15) is 0 Å². The summed E-state index contributed by atoms with van der Waals surface area (Å²) < 4.78 is 0. The van der Waals surface area contributed by atoms with E-state index in [-0.39, 0.29) is 0 Å². The lowest BCUT2D eigenvalue weighted by molar-refractivity contribution is 0.0695. The molecule has 0 aromatic heterocycles. The number of hydrogen-bond donors (Lipinski definition) is 1. The lowest BCUT2D eigenvalue weighted by Gasteiger charge is -2.19. The molecule has 0 saturated heterocycles. The van der Waals surface area contributed by atoms with Crippen LogP contribution in [-0.2, 0) is 0 Å². The lowest BCUT2D eigenvalue weighted by Crippen LogP contribution is -2.07. The molecule has 1 N–H and O–H groups in total. The SMILES string of the molecule is CC.Cc1cc(C)c(-c2c(C)cc(C)c(C(=O)O)c2C)c(C)c1. The summed E-state index contributed by atoms with van der Waals surface area (Å²) in [6.07, 6.45) is 0. The van der Waals surface area contributed by atoms with Crippen LogP contribution in [0.5, 0.6) is 0 Å². The molecule has 23 heavy (non-hydrogen) atoms. The van der Waals surface area contributed by atoms with Crippen LogP contribution in [0.25, 0.3) is 11.1 Å². The van der Waals surface area contributed by atoms with Crippen LogP contribution in [0.3, 0.4) is 0 Å². The number of aryl methyl sites for hydroxylation is 5. The Kier molecular flexibility index (Phi) is 6.14. The van der Waals surface area contributed by atoms with Gasteiger partial charge in [0.25, 0.3) is 0 Å². The zero-order chi connectivity index (χ0) is 17.9. The first-order valence-electron chi connectivity index (χ1n) is 8.16. The van der Waals surface area contributed by atoms with Crippen molar-refractivity contribution in [1.82, 2.24) is 0 Å². The molecule has 2 rings (SSSR count). The van der Waals surface area contributed by atoms with E-state index >= 15 is 0 Å².